The van der Waals surface area contributed by atoms with E-state index in [1.807, 2.05) is 13.0 Å². The van der Waals surface area contributed by atoms with Gasteiger partial charge in [0.1, 0.15) is 0 Å². The Morgan fingerprint density at radius 1 is 1.22 bits per heavy atom. The molecule has 0 aliphatic rings. The molecule has 1 unspecified atom stereocenters. The van der Waals surface area contributed by atoms with Gasteiger partial charge in [-0.15, -0.1) is 10.2 Å². The number of aromatic nitrogens is 2. The third-order valence-corrected chi connectivity index (χ3v) is 3.02. The molecular formula is C14H19N3O. The van der Waals surface area contributed by atoms with Crippen molar-refractivity contribution in [3.63, 3.8) is 0 Å². The van der Waals surface area contributed by atoms with Gasteiger partial charge in [-0.3, -0.25) is 0 Å². The van der Waals surface area contributed by atoms with E-state index in [1.54, 1.807) is 0 Å². The number of nitrogens with one attached hydrogen (secondary N) is 1. The van der Waals surface area contributed by atoms with Crippen molar-refractivity contribution >= 4 is 0 Å². The van der Waals surface area contributed by atoms with Gasteiger partial charge in [-0.1, -0.05) is 25.1 Å². The molecule has 1 N–H and O–H groups in total. The molecular weight excluding hydrogens is 226 g/mol. The van der Waals surface area contributed by atoms with Crippen LogP contribution in [0.1, 0.15) is 36.9 Å². The van der Waals surface area contributed by atoms with Crippen molar-refractivity contribution < 1.29 is 4.42 Å². The van der Waals surface area contributed by atoms with E-state index < -0.39 is 0 Å². The SMILES string of the molecule is CCNC(C)c1nnc(-c2c(C)cccc2C)o1. The predicted molar refractivity (Wildman–Crippen MR) is 71.3 cm³/mol. The molecule has 2 rings (SSSR count). The summed E-state index contributed by atoms with van der Waals surface area (Å²) in [7, 11) is 0. The summed E-state index contributed by atoms with van der Waals surface area (Å²) in [6.45, 7) is 9.06. The van der Waals surface area contributed by atoms with Gasteiger partial charge in [-0.25, -0.2) is 0 Å². The fourth-order valence-corrected chi connectivity index (χ4v) is 2.06. The van der Waals surface area contributed by atoms with Crippen LogP contribution in [0.15, 0.2) is 22.6 Å². The summed E-state index contributed by atoms with van der Waals surface area (Å²) in [5.41, 5.74) is 3.35. The number of aryl methyl sites for hydroxylation is 2. The fraction of sp³-hybridized carbons (Fsp3) is 0.429. The van der Waals surface area contributed by atoms with Gasteiger partial charge >= 0.3 is 0 Å². The second-order valence-corrected chi connectivity index (χ2v) is 4.49. The summed E-state index contributed by atoms with van der Waals surface area (Å²) in [6.07, 6.45) is 0. The minimum Gasteiger partial charge on any atom is -0.419 e. The first-order valence-electron chi connectivity index (χ1n) is 6.26. The molecule has 1 atom stereocenters. The van der Waals surface area contributed by atoms with Crippen LogP contribution in [0.2, 0.25) is 0 Å². The minimum atomic E-state index is 0.0839. The molecule has 1 aromatic heterocycles. The van der Waals surface area contributed by atoms with Gasteiger partial charge in [-0.2, -0.15) is 0 Å². The molecule has 18 heavy (non-hydrogen) atoms. The van der Waals surface area contributed by atoms with Crippen LogP contribution >= 0.6 is 0 Å². The quantitative estimate of drug-likeness (QED) is 0.899. The number of hydrogen-bond acceptors (Lipinski definition) is 4. The number of hydrogen-bond donors (Lipinski definition) is 1. The zero-order chi connectivity index (χ0) is 13.1. The van der Waals surface area contributed by atoms with Crippen molar-refractivity contribution in [3.8, 4) is 11.5 Å². The number of rotatable bonds is 4. The van der Waals surface area contributed by atoms with E-state index in [-0.39, 0.29) is 6.04 Å². The van der Waals surface area contributed by atoms with Gasteiger partial charge in [0, 0.05) is 5.56 Å². The van der Waals surface area contributed by atoms with Crippen molar-refractivity contribution in [2.75, 3.05) is 6.54 Å². The Morgan fingerprint density at radius 2 is 1.89 bits per heavy atom. The first-order chi connectivity index (χ1) is 8.63. The van der Waals surface area contributed by atoms with Crippen LogP contribution in [0.25, 0.3) is 11.5 Å². The Labute approximate surface area is 107 Å². The largest absolute Gasteiger partial charge is 0.419 e. The van der Waals surface area contributed by atoms with Crippen LogP contribution < -0.4 is 5.32 Å². The van der Waals surface area contributed by atoms with E-state index in [1.165, 1.54) is 0 Å². The lowest BCUT2D eigenvalue weighted by molar-refractivity contribution is 0.428. The first kappa shape index (κ1) is 12.8. The van der Waals surface area contributed by atoms with Crippen molar-refractivity contribution in [1.82, 2.24) is 15.5 Å². The molecule has 4 nitrogen and oxygen atoms in total. The van der Waals surface area contributed by atoms with Gasteiger partial charge in [-0.05, 0) is 38.4 Å². The smallest absolute Gasteiger partial charge is 0.248 e. The zero-order valence-corrected chi connectivity index (χ0v) is 11.3. The highest BCUT2D eigenvalue weighted by molar-refractivity contribution is 5.62. The zero-order valence-electron chi connectivity index (χ0n) is 11.3. The van der Waals surface area contributed by atoms with E-state index in [0.29, 0.717) is 11.8 Å². The maximum atomic E-state index is 5.76. The molecule has 0 saturated carbocycles. The van der Waals surface area contributed by atoms with Gasteiger partial charge in [0.2, 0.25) is 11.8 Å². The summed E-state index contributed by atoms with van der Waals surface area (Å²) >= 11 is 0. The van der Waals surface area contributed by atoms with Gasteiger partial charge < -0.3 is 9.73 Å². The monoisotopic (exact) mass is 245 g/mol. The molecule has 0 radical (unpaired) electrons. The Morgan fingerprint density at radius 3 is 2.50 bits per heavy atom. The van der Waals surface area contributed by atoms with Crippen molar-refractivity contribution in [3.05, 3.63) is 35.2 Å². The van der Waals surface area contributed by atoms with Crippen LogP contribution in [0, 0.1) is 13.8 Å². The third-order valence-electron chi connectivity index (χ3n) is 3.02. The summed E-state index contributed by atoms with van der Waals surface area (Å²) in [4.78, 5) is 0. The van der Waals surface area contributed by atoms with Gasteiger partial charge in [0.05, 0.1) is 6.04 Å². The third kappa shape index (κ3) is 2.43. The highest BCUT2D eigenvalue weighted by atomic mass is 16.4. The summed E-state index contributed by atoms with van der Waals surface area (Å²) < 4.78 is 5.76. The maximum Gasteiger partial charge on any atom is 0.248 e. The normalized spacial score (nSPS) is 12.7. The molecule has 0 amide bonds. The minimum absolute atomic E-state index is 0.0839. The number of benzene rings is 1. The standard InChI is InChI=1S/C14H19N3O/c1-5-15-11(4)13-16-17-14(18-13)12-9(2)7-6-8-10(12)3/h6-8,11,15H,5H2,1-4H3. The average Bonchev–Trinajstić information content (AvgIpc) is 2.78. The van der Waals surface area contributed by atoms with Crippen LogP contribution in [-0.2, 0) is 0 Å². The lowest BCUT2D eigenvalue weighted by Gasteiger charge is -2.07. The van der Waals surface area contributed by atoms with E-state index in [4.69, 9.17) is 4.42 Å². The Balaban J connectivity index is 2.35. The first-order valence-corrected chi connectivity index (χ1v) is 6.26. The molecule has 0 spiro atoms. The van der Waals surface area contributed by atoms with Crippen LogP contribution in [0.3, 0.4) is 0 Å². The van der Waals surface area contributed by atoms with Crippen LogP contribution in [-0.4, -0.2) is 16.7 Å². The predicted octanol–water partition coefficient (Wildman–Crippen LogP) is 3.02. The van der Waals surface area contributed by atoms with Crippen LogP contribution in [0.4, 0.5) is 0 Å². The molecule has 0 aliphatic carbocycles. The molecule has 4 heteroatoms. The maximum absolute atomic E-state index is 5.76. The Bertz CT molecular complexity index is 513. The average molecular weight is 245 g/mol. The summed E-state index contributed by atoms with van der Waals surface area (Å²) in [6, 6.07) is 6.23. The Hall–Kier alpha value is -1.68. The van der Waals surface area contributed by atoms with Gasteiger partial charge in [0.25, 0.3) is 0 Å². The van der Waals surface area contributed by atoms with Gasteiger partial charge in [0.15, 0.2) is 0 Å². The highest BCUT2D eigenvalue weighted by Crippen LogP contribution is 2.26. The fourth-order valence-electron chi connectivity index (χ4n) is 2.06. The summed E-state index contributed by atoms with van der Waals surface area (Å²) in [5, 5.41) is 11.5. The second-order valence-electron chi connectivity index (χ2n) is 4.49. The molecule has 1 aromatic carbocycles. The highest BCUT2D eigenvalue weighted by Gasteiger charge is 2.16. The lowest BCUT2D eigenvalue weighted by Crippen LogP contribution is -2.17. The second kappa shape index (κ2) is 5.31. The van der Waals surface area contributed by atoms with Crippen molar-refractivity contribution in [2.24, 2.45) is 0 Å². The molecule has 1 heterocycles. The van der Waals surface area contributed by atoms with Crippen molar-refractivity contribution in [1.29, 1.82) is 0 Å². The van der Waals surface area contributed by atoms with Crippen molar-refractivity contribution in [2.45, 2.75) is 33.7 Å². The molecule has 0 aliphatic heterocycles. The van der Waals surface area contributed by atoms with E-state index in [2.05, 4.69) is 48.4 Å². The number of nitrogens with zero attached hydrogens (tertiary/aromatic N) is 2. The van der Waals surface area contributed by atoms with E-state index in [9.17, 15) is 0 Å². The molecule has 2 aromatic rings. The molecule has 0 saturated heterocycles. The molecule has 0 fully saturated rings. The topological polar surface area (TPSA) is 51.0 Å². The van der Waals surface area contributed by atoms with Crippen LogP contribution in [0.5, 0.6) is 0 Å². The molecule has 96 valence electrons. The van der Waals surface area contributed by atoms with E-state index in [0.717, 1.165) is 23.2 Å². The van der Waals surface area contributed by atoms with E-state index >= 15 is 0 Å². The molecule has 0 bridgehead atoms. The summed E-state index contributed by atoms with van der Waals surface area (Å²) in [5.74, 6) is 1.24. The lowest BCUT2D eigenvalue weighted by atomic mass is 10.0. The Kier molecular flexibility index (Phi) is 3.77.